The first-order chi connectivity index (χ1) is 15.0. The number of fused-ring (bicyclic) bond motifs is 1. The summed E-state index contributed by atoms with van der Waals surface area (Å²) in [7, 11) is 0. The number of aryl methyl sites for hydroxylation is 2. The third-order valence-electron chi connectivity index (χ3n) is 5.97. The predicted octanol–water partition coefficient (Wildman–Crippen LogP) is 3.37. The lowest BCUT2D eigenvalue weighted by molar-refractivity contribution is -0.148. The maximum atomic E-state index is 12.9. The third-order valence-corrected chi connectivity index (χ3v) is 5.97. The molecule has 1 aliphatic carbocycles. The standard InChI is InChI=1S/C24H33N3O4/c1-3-4-15-27-21-8-6-5-7-19(21)26-20(24(27)30)13-14-23(29)31-16-22(28)25-18-11-9-17(2)10-12-18/h5-8,17-18H,3-4,9-16H2,1-2H3,(H,25,28). The zero-order valence-electron chi connectivity index (χ0n) is 18.6. The summed E-state index contributed by atoms with van der Waals surface area (Å²) in [4.78, 5) is 41.6. The van der Waals surface area contributed by atoms with Crippen LogP contribution >= 0.6 is 0 Å². The first kappa shape index (κ1) is 23.0. The van der Waals surface area contributed by atoms with E-state index in [1.54, 1.807) is 4.57 Å². The smallest absolute Gasteiger partial charge is 0.306 e. The van der Waals surface area contributed by atoms with Gasteiger partial charge in [-0.25, -0.2) is 4.98 Å². The maximum Gasteiger partial charge on any atom is 0.306 e. The number of carbonyl (C=O) groups excluding carboxylic acids is 2. The van der Waals surface area contributed by atoms with E-state index in [4.69, 9.17) is 4.74 Å². The number of ether oxygens (including phenoxy) is 1. The molecule has 3 rings (SSSR count). The van der Waals surface area contributed by atoms with Gasteiger partial charge in [-0.3, -0.25) is 14.4 Å². The van der Waals surface area contributed by atoms with Crippen molar-refractivity contribution in [3.63, 3.8) is 0 Å². The van der Waals surface area contributed by atoms with Crippen LogP contribution in [0.5, 0.6) is 0 Å². The van der Waals surface area contributed by atoms with Gasteiger partial charge in [0.2, 0.25) is 0 Å². The third kappa shape index (κ3) is 6.39. The quantitative estimate of drug-likeness (QED) is 0.620. The highest BCUT2D eigenvalue weighted by atomic mass is 16.5. The van der Waals surface area contributed by atoms with Crippen LogP contribution in [0, 0.1) is 5.92 Å². The number of nitrogens with one attached hydrogen (secondary N) is 1. The van der Waals surface area contributed by atoms with E-state index in [1.807, 2.05) is 24.3 Å². The van der Waals surface area contributed by atoms with Crippen LogP contribution in [0.15, 0.2) is 29.1 Å². The van der Waals surface area contributed by atoms with Gasteiger partial charge in [0.05, 0.1) is 17.5 Å². The molecular weight excluding hydrogens is 394 g/mol. The van der Waals surface area contributed by atoms with Gasteiger partial charge in [-0.05, 0) is 50.2 Å². The molecule has 0 aliphatic heterocycles. The van der Waals surface area contributed by atoms with Crippen molar-refractivity contribution in [2.24, 2.45) is 5.92 Å². The second kappa shape index (κ2) is 11.1. The van der Waals surface area contributed by atoms with Crippen molar-refractivity contribution in [1.82, 2.24) is 14.9 Å². The molecule has 7 nitrogen and oxygen atoms in total. The Kier molecular flexibility index (Phi) is 8.20. The summed E-state index contributed by atoms with van der Waals surface area (Å²) < 4.78 is 6.86. The van der Waals surface area contributed by atoms with Gasteiger partial charge >= 0.3 is 5.97 Å². The van der Waals surface area contributed by atoms with Crippen LogP contribution < -0.4 is 10.9 Å². The summed E-state index contributed by atoms with van der Waals surface area (Å²) in [5.74, 6) is -0.0539. The maximum absolute atomic E-state index is 12.9. The fourth-order valence-corrected chi connectivity index (χ4v) is 4.06. The molecule has 0 spiro atoms. The van der Waals surface area contributed by atoms with E-state index in [9.17, 15) is 14.4 Å². The molecule has 1 aliphatic rings. The van der Waals surface area contributed by atoms with E-state index in [0.29, 0.717) is 18.2 Å². The van der Waals surface area contributed by atoms with E-state index < -0.39 is 5.97 Å². The highest BCUT2D eigenvalue weighted by molar-refractivity contribution is 5.80. The molecule has 1 aromatic heterocycles. The summed E-state index contributed by atoms with van der Waals surface area (Å²) in [6, 6.07) is 7.71. The molecule has 0 unspecified atom stereocenters. The molecule has 7 heteroatoms. The average molecular weight is 428 g/mol. The second-order valence-electron chi connectivity index (χ2n) is 8.54. The van der Waals surface area contributed by atoms with Crippen molar-refractivity contribution in [1.29, 1.82) is 0 Å². The summed E-state index contributed by atoms with van der Waals surface area (Å²) in [5, 5.41) is 2.94. The number of amides is 1. The van der Waals surface area contributed by atoms with E-state index in [0.717, 1.165) is 49.6 Å². The van der Waals surface area contributed by atoms with Gasteiger partial charge < -0.3 is 14.6 Å². The number of esters is 1. The summed E-state index contributed by atoms with van der Waals surface area (Å²) in [6.45, 7) is 4.64. The fourth-order valence-electron chi connectivity index (χ4n) is 4.06. The predicted molar refractivity (Wildman–Crippen MR) is 120 cm³/mol. The van der Waals surface area contributed by atoms with E-state index in [-0.39, 0.29) is 37.0 Å². The molecule has 2 aromatic rings. The minimum absolute atomic E-state index is 0.0164. The number of benzene rings is 1. The number of nitrogens with zero attached hydrogens (tertiary/aromatic N) is 2. The number of aromatic nitrogens is 2. The number of carbonyl (C=O) groups is 2. The molecular formula is C24H33N3O4. The fraction of sp³-hybridized carbons (Fsp3) is 0.583. The zero-order valence-corrected chi connectivity index (χ0v) is 18.6. The Morgan fingerprint density at radius 2 is 1.94 bits per heavy atom. The lowest BCUT2D eigenvalue weighted by Crippen LogP contribution is -2.39. The lowest BCUT2D eigenvalue weighted by Gasteiger charge is -2.26. The Morgan fingerprint density at radius 3 is 2.68 bits per heavy atom. The molecule has 1 heterocycles. The summed E-state index contributed by atoms with van der Waals surface area (Å²) in [5.41, 5.74) is 1.74. The van der Waals surface area contributed by atoms with Crippen molar-refractivity contribution < 1.29 is 14.3 Å². The van der Waals surface area contributed by atoms with Crippen LogP contribution in [0.1, 0.15) is 64.5 Å². The molecule has 1 aromatic carbocycles. The number of hydrogen-bond acceptors (Lipinski definition) is 5. The van der Waals surface area contributed by atoms with Crippen molar-refractivity contribution in [3.8, 4) is 0 Å². The number of rotatable bonds is 9. The molecule has 0 atom stereocenters. The van der Waals surface area contributed by atoms with Gasteiger partial charge in [-0.1, -0.05) is 32.4 Å². The van der Waals surface area contributed by atoms with E-state index in [1.165, 1.54) is 0 Å². The van der Waals surface area contributed by atoms with Crippen molar-refractivity contribution in [2.45, 2.75) is 77.8 Å². The lowest BCUT2D eigenvalue weighted by atomic mass is 9.87. The van der Waals surface area contributed by atoms with Gasteiger partial charge in [0.1, 0.15) is 5.69 Å². The Bertz CT molecular complexity index is 961. The minimum atomic E-state index is -0.498. The van der Waals surface area contributed by atoms with E-state index in [2.05, 4.69) is 24.1 Å². The number of para-hydroxylation sites is 2. The molecule has 168 valence electrons. The van der Waals surface area contributed by atoms with Gasteiger partial charge in [0.15, 0.2) is 6.61 Å². The topological polar surface area (TPSA) is 90.3 Å². The molecule has 1 fully saturated rings. The van der Waals surface area contributed by atoms with Crippen LogP contribution in [0.3, 0.4) is 0 Å². The Morgan fingerprint density at radius 1 is 1.19 bits per heavy atom. The van der Waals surface area contributed by atoms with Crippen molar-refractivity contribution in [3.05, 3.63) is 40.3 Å². The van der Waals surface area contributed by atoms with E-state index >= 15 is 0 Å². The number of hydrogen-bond donors (Lipinski definition) is 1. The molecule has 1 N–H and O–H groups in total. The highest BCUT2D eigenvalue weighted by Gasteiger charge is 2.20. The van der Waals surface area contributed by atoms with Gasteiger partial charge in [-0.15, -0.1) is 0 Å². The van der Waals surface area contributed by atoms with Gasteiger partial charge in [0, 0.05) is 19.0 Å². The van der Waals surface area contributed by atoms with Crippen molar-refractivity contribution in [2.75, 3.05) is 6.61 Å². The summed E-state index contributed by atoms with van der Waals surface area (Å²) >= 11 is 0. The molecule has 0 saturated heterocycles. The zero-order chi connectivity index (χ0) is 22.2. The Labute approximate surface area is 183 Å². The van der Waals surface area contributed by atoms with Crippen LogP contribution in [-0.2, 0) is 27.3 Å². The molecule has 1 saturated carbocycles. The molecule has 0 bridgehead atoms. The molecule has 0 radical (unpaired) electrons. The Hall–Kier alpha value is -2.70. The van der Waals surface area contributed by atoms with Crippen LogP contribution in [0.2, 0.25) is 0 Å². The average Bonchev–Trinajstić information content (AvgIpc) is 2.77. The minimum Gasteiger partial charge on any atom is -0.456 e. The van der Waals surface area contributed by atoms with Gasteiger partial charge in [-0.2, -0.15) is 0 Å². The van der Waals surface area contributed by atoms with Gasteiger partial charge in [0.25, 0.3) is 11.5 Å². The van der Waals surface area contributed by atoms with Crippen LogP contribution in [-0.4, -0.2) is 34.1 Å². The largest absolute Gasteiger partial charge is 0.456 e. The van der Waals surface area contributed by atoms with Crippen molar-refractivity contribution >= 4 is 22.9 Å². The normalized spacial score (nSPS) is 18.6. The second-order valence-corrected chi connectivity index (χ2v) is 8.54. The highest BCUT2D eigenvalue weighted by Crippen LogP contribution is 2.23. The monoisotopic (exact) mass is 427 g/mol. The molecule has 1 amide bonds. The summed E-state index contributed by atoms with van der Waals surface area (Å²) in [6.07, 6.45) is 6.24. The van der Waals surface area contributed by atoms with Crippen LogP contribution in [0.4, 0.5) is 0 Å². The van der Waals surface area contributed by atoms with Crippen LogP contribution in [0.25, 0.3) is 11.0 Å². The first-order valence-electron chi connectivity index (χ1n) is 11.4. The SMILES string of the molecule is CCCCn1c(=O)c(CCC(=O)OCC(=O)NC2CCC(C)CC2)nc2ccccc21. The molecule has 31 heavy (non-hydrogen) atoms. The first-order valence-corrected chi connectivity index (χ1v) is 11.4. The Balaban J connectivity index is 1.54. The number of unbranched alkanes of at least 4 members (excludes halogenated alkanes) is 1.